The normalized spacial score (nSPS) is 11.3. The average Bonchev–Trinajstić information content (AvgIpc) is 2.42. The number of H-pyrrole nitrogens is 2. The van der Waals surface area contributed by atoms with Crippen molar-refractivity contribution in [3.05, 3.63) is 67.7 Å². The number of amides is 1. The van der Waals surface area contributed by atoms with Gasteiger partial charge in [-0.2, -0.15) is 0 Å². The summed E-state index contributed by atoms with van der Waals surface area (Å²) in [5.41, 5.74) is -1.32. The summed E-state index contributed by atoms with van der Waals surface area (Å²) in [6.07, 6.45) is -0.212. The molecule has 7 heteroatoms. The van der Waals surface area contributed by atoms with Gasteiger partial charge in [-0.05, 0) is 26.8 Å². The number of rotatable bonds is 4. The molecule has 0 radical (unpaired) electrons. The van der Waals surface area contributed by atoms with Crippen LogP contribution < -0.4 is 16.6 Å². The Morgan fingerprint density at radius 3 is 2.48 bits per heavy atom. The molecule has 3 N–H and O–H groups in total. The fourth-order valence-corrected chi connectivity index (χ4v) is 2.43. The monoisotopic (exact) mass is 319 g/mol. The average molecular weight is 319 g/mol. The number of aryl methyl sites for hydroxylation is 1. The second kappa shape index (κ2) is 6.20. The molecule has 1 amide bonds. The Balaban J connectivity index is 2.22. The fraction of sp³-hybridized carbons (Fsp3) is 0.312. The minimum absolute atomic E-state index is 0.173. The lowest BCUT2D eigenvalue weighted by atomic mass is 9.93. The number of hydrogen-bond donors (Lipinski definition) is 3. The summed E-state index contributed by atoms with van der Waals surface area (Å²) < 4.78 is 13.9. The molecule has 23 heavy (non-hydrogen) atoms. The third kappa shape index (κ3) is 3.74. The first-order valence-corrected chi connectivity index (χ1v) is 7.09. The van der Waals surface area contributed by atoms with E-state index in [0.717, 1.165) is 0 Å². The molecule has 0 saturated carbocycles. The van der Waals surface area contributed by atoms with E-state index in [1.54, 1.807) is 39.0 Å². The van der Waals surface area contributed by atoms with Gasteiger partial charge in [0.25, 0.3) is 5.56 Å². The van der Waals surface area contributed by atoms with E-state index in [-0.39, 0.29) is 12.0 Å². The number of nitrogens with one attached hydrogen (secondary N) is 3. The smallest absolute Gasteiger partial charge is 0.325 e. The van der Waals surface area contributed by atoms with Crippen molar-refractivity contribution in [3.63, 3.8) is 0 Å². The second-order valence-electron chi connectivity index (χ2n) is 5.84. The Kier molecular flexibility index (Phi) is 4.49. The van der Waals surface area contributed by atoms with Gasteiger partial charge in [0.15, 0.2) is 0 Å². The molecule has 0 aliphatic heterocycles. The Bertz CT molecular complexity index is 852. The van der Waals surface area contributed by atoms with Crippen LogP contribution in [0.2, 0.25) is 0 Å². The summed E-state index contributed by atoms with van der Waals surface area (Å²) in [6.45, 7) is 4.89. The predicted molar refractivity (Wildman–Crippen MR) is 83.7 cm³/mol. The number of hydrogen-bond acceptors (Lipinski definition) is 3. The minimum atomic E-state index is -0.939. The molecule has 6 nitrogen and oxygen atoms in total. The second-order valence-corrected chi connectivity index (χ2v) is 5.84. The molecule has 0 aliphatic carbocycles. The Labute approximate surface area is 131 Å². The fourth-order valence-electron chi connectivity index (χ4n) is 2.43. The van der Waals surface area contributed by atoms with Gasteiger partial charge < -0.3 is 10.3 Å². The highest BCUT2D eigenvalue weighted by atomic mass is 19.1. The highest BCUT2D eigenvalue weighted by Crippen LogP contribution is 2.22. The molecule has 0 spiro atoms. The maximum Gasteiger partial charge on any atom is 0.325 e. The third-order valence-corrected chi connectivity index (χ3v) is 3.59. The number of aromatic nitrogens is 2. The highest BCUT2D eigenvalue weighted by Gasteiger charge is 2.26. The number of carbonyl (C=O) groups excluding carboxylic acids is 1. The third-order valence-electron chi connectivity index (χ3n) is 3.59. The van der Waals surface area contributed by atoms with Crippen molar-refractivity contribution in [3.8, 4) is 0 Å². The van der Waals surface area contributed by atoms with Crippen molar-refractivity contribution in [1.82, 2.24) is 15.3 Å². The molecule has 0 bridgehead atoms. The Morgan fingerprint density at radius 2 is 1.87 bits per heavy atom. The summed E-state index contributed by atoms with van der Waals surface area (Å²) in [5, 5.41) is 2.71. The standard InChI is InChI=1S/C16H18FN3O3/c1-9-10(14(22)19-15(23)18-9)8-13(21)20-16(2,3)11-6-4-5-7-12(11)17/h4-7H,8H2,1-3H3,(H,20,21)(H2,18,19,22,23). The van der Waals surface area contributed by atoms with Crippen LogP contribution in [0.1, 0.15) is 30.7 Å². The van der Waals surface area contributed by atoms with Crippen molar-refractivity contribution >= 4 is 5.91 Å². The molecule has 1 aromatic carbocycles. The lowest BCUT2D eigenvalue weighted by molar-refractivity contribution is -0.122. The van der Waals surface area contributed by atoms with E-state index < -0.39 is 28.5 Å². The molecule has 122 valence electrons. The molecule has 0 aliphatic rings. The molecule has 1 heterocycles. The number of carbonyl (C=O) groups is 1. The lowest BCUT2D eigenvalue weighted by Gasteiger charge is -2.27. The lowest BCUT2D eigenvalue weighted by Crippen LogP contribution is -2.43. The van der Waals surface area contributed by atoms with Gasteiger partial charge in [0.05, 0.1) is 12.0 Å². The van der Waals surface area contributed by atoms with Gasteiger partial charge in [-0.15, -0.1) is 0 Å². The van der Waals surface area contributed by atoms with E-state index in [1.165, 1.54) is 6.07 Å². The van der Waals surface area contributed by atoms with Gasteiger partial charge in [-0.3, -0.25) is 14.6 Å². The molecular weight excluding hydrogens is 301 g/mol. The molecule has 0 atom stereocenters. The van der Waals surface area contributed by atoms with Crippen LogP contribution in [0.25, 0.3) is 0 Å². The van der Waals surface area contributed by atoms with E-state index in [0.29, 0.717) is 11.3 Å². The number of halogens is 1. The van der Waals surface area contributed by atoms with Gasteiger partial charge in [0.1, 0.15) is 5.82 Å². The zero-order valence-corrected chi connectivity index (χ0v) is 13.1. The van der Waals surface area contributed by atoms with Crippen LogP contribution in [0.15, 0.2) is 33.9 Å². The van der Waals surface area contributed by atoms with Crippen molar-refractivity contribution < 1.29 is 9.18 Å². The summed E-state index contributed by atoms with van der Waals surface area (Å²) in [5.74, 6) is -0.866. The molecule has 2 aromatic rings. The van der Waals surface area contributed by atoms with E-state index in [4.69, 9.17) is 0 Å². The zero-order valence-electron chi connectivity index (χ0n) is 13.1. The van der Waals surface area contributed by atoms with Crippen LogP contribution in [0.3, 0.4) is 0 Å². The van der Waals surface area contributed by atoms with Gasteiger partial charge in [-0.25, -0.2) is 9.18 Å². The van der Waals surface area contributed by atoms with Crippen LogP contribution in [-0.2, 0) is 16.8 Å². The van der Waals surface area contributed by atoms with Gasteiger partial charge in [0, 0.05) is 16.8 Å². The maximum atomic E-state index is 13.9. The quantitative estimate of drug-likeness (QED) is 0.787. The SMILES string of the molecule is Cc1[nH]c(=O)[nH]c(=O)c1CC(=O)NC(C)(C)c1ccccc1F. The molecule has 1 aromatic heterocycles. The Morgan fingerprint density at radius 1 is 1.22 bits per heavy atom. The molecule has 2 rings (SSSR count). The first kappa shape index (κ1) is 16.7. The first-order chi connectivity index (χ1) is 10.7. The van der Waals surface area contributed by atoms with E-state index in [9.17, 15) is 18.8 Å². The summed E-state index contributed by atoms with van der Waals surface area (Å²) in [7, 11) is 0. The molecule has 0 unspecified atom stereocenters. The maximum absolute atomic E-state index is 13.9. The van der Waals surface area contributed by atoms with Gasteiger partial charge in [-0.1, -0.05) is 18.2 Å². The summed E-state index contributed by atoms with van der Waals surface area (Å²) >= 11 is 0. The van der Waals surface area contributed by atoms with Crippen molar-refractivity contribution in [1.29, 1.82) is 0 Å². The van der Waals surface area contributed by atoms with E-state index in [1.807, 2.05) is 0 Å². The van der Waals surface area contributed by atoms with Crippen LogP contribution >= 0.6 is 0 Å². The zero-order chi connectivity index (χ0) is 17.2. The topological polar surface area (TPSA) is 94.8 Å². The highest BCUT2D eigenvalue weighted by molar-refractivity contribution is 5.79. The first-order valence-electron chi connectivity index (χ1n) is 7.09. The van der Waals surface area contributed by atoms with Crippen LogP contribution in [0, 0.1) is 12.7 Å². The van der Waals surface area contributed by atoms with E-state index >= 15 is 0 Å². The van der Waals surface area contributed by atoms with Gasteiger partial charge in [0.2, 0.25) is 5.91 Å². The Hall–Kier alpha value is -2.70. The van der Waals surface area contributed by atoms with Crippen LogP contribution in [-0.4, -0.2) is 15.9 Å². The van der Waals surface area contributed by atoms with Crippen LogP contribution in [0.5, 0.6) is 0 Å². The predicted octanol–water partition coefficient (Wildman–Crippen LogP) is 1.10. The summed E-state index contributed by atoms with van der Waals surface area (Å²) in [4.78, 5) is 39.7. The van der Waals surface area contributed by atoms with E-state index in [2.05, 4.69) is 15.3 Å². The molecule has 0 fully saturated rings. The van der Waals surface area contributed by atoms with Crippen molar-refractivity contribution in [2.45, 2.75) is 32.7 Å². The number of benzene rings is 1. The van der Waals surface area contributed by atoms with Crippen LogP contribution in [0.4, 0.5) is 4.39 Å². The number of aromatic amines is 2. The minimum Gasteiger partial charge on any atom is -0.347 e. The van der Waals surface area contributed by atoms with Crippen molar-refractivity contribution in [2.75, 3.05) is 0 Å². The largest absolute Gasteiger partial charge is 0.347 e. The van der Waals surface area contributed by atoms with Gasteiger partial charge >= 0.3 is 5.69 Å². The molecular formula is C16H18FN3O3. The summed E-state index contributed by atoms with van der Waals surface area (Å²) in [6, 6.07) is 6.16. The molecule has 0 saturated heterocycles. The van der Waals surface area contributed by atoms with Crippen molar-refractivity contribution in [2.24, 2.45) is 0 Å².